The molecule has 0 unspecified atom stereocenters. The lowest BCUT2D eigenvalue weighted by atomic mass is 10.1. The minimum atomic E-state index is -1.03. The number of hydrogen-bond donors (Lipinski definition) is 1. The molecule has 0 atom stereocenters. The molecular weight excluding hydrogens is 231 g/mol. The molecule has 0 saturated carbocycles. The molecule has 1 rings (SSSR count). The third-order valence-corrected chi connectivity index (χ3v) is 2.96. The Balaban J connectivity index is 2.68. The summed E-state index contributed by atoms with van der Waals surface area (Å²) in [7, 11) is 1.60. The zero-order valence-corrected chi connectivity index (χ0v) is 9.72. The van der Waals surface area contributed by atoms with Crippen molar-refractivity contribution in [2.45, 2.75) is 5.75 Å². The van der Waals surface area contributed by atoms with Gasteiger partial charge in [-0.1, -0.05) is 0 Å². The molecule has 1 aromatic rings. The second-order valence-electron chi connectivity index (χ2n) is 3.15. The predicted molar refractivity (Wildman–Crippen MR) is 61.4 cm³/mol. The Morgan fingerprint density at radius 2 is 2.31 bits per heavy atom. The maximum atomic E-state index is 13.0. The fourth-order valence-electron chi connectivity index (χ4n) is 1.21. The van der Waals surface area contributed by atoms with Crippen LogP contribution in [0.1, 0.15) is 15.9 Å². The van der Waals surface area contributed by atoms with Crippen LogP contribution in [0.4, 0.5) is 4.39 Å². The molecule has 88 valence electrons. The van der Waals surface area contributed by atoms with Crippen molar-refractivity contribution in [1.82, 2.24) is 0 Å². The number of hydrogen-bond acceptors (Lipinski definition) is 3. The summed E-state index contributed by atoms with van der Waals surface area (Å²) < 4.78 is 17.8. The molecule has 1 aromatic carbocycles. The molecule has 0 bridgehead atoms. The first-order valence-corrected chi connectivity index (χ1v) is 5.89. The standard InChI is InChI=1S/C11H13FO3S/c1-15-4-5-16-7-8-6-9(12)2-3-10(8)11(13)14/h2-3,6H,4-5,7H2,1H3,(H,13,14). The molecule has 0 aliphatic heterocycles. The molecule has 1 N–H and O–H groups in total. The zero-order valence-electron chi connectivity index (χ0n) is 8.90. The second-order valence-corrected chi connectivity index (χ2v) is 4.26. The topological polar surface area (TPSA) is 46.5 Å². The first kappa shape index (κ1) is 13.0. The van der Waals surface area contributed by atoms with E-state index in [1.807, 2.05) is 0 Å². The summed E-state index contributed by atoms with van der Waals surface area (Å²) >= 11 is 1.52. The molecular formula is C11H13FO3S. The van der Waals surface area contributed by atoms with Crippen LogP contribution in [0, 0.1) is 5.82 Å². The van der Waals surface area contributed by atoms with Crippen LogP contribution in [0.15, 0.2) is 18.2 Å². The number of aromatic carboxylic acids is 1. The minimum Gasteiger partial charge on any atom is -0.478 e. The van der Waals surface area contributed by atoms with Crippen molar-refractivity contribution in [1.29, 1.82) is 0 Å². The molecule has 0 amide bonds. The molecule has 5 heteroatoms. The maximum absolute atomic E-state index is 13.0. The summed E-state index contributed by atoms with van der Waals surface area (Å²) in [4.78, 5) is 10.9. The normalized spacial score (nSPS) is 10.4. The monoisotopic (exact) mass is 244 g/mol. The van der Waals surface area contributed by atoms with Gasteiger partial charge in [0, 0.05) is 18.6 Å². The van der Waals surface area contributed by atoms with Crippen LogP contribution in [-0.4, -0.2) is 30.5 Å². The van der Waals surface area contributed by atoms with E-state index in [-0.39, 0.29) is 5.56 Å². The maximum Gasteiger partial charge on any atom is 0.335 e. The highest BCUT2D eigenvalue weighted by Crippen LogP contribution is 2.18. The highest BCUT2D eigenvalue weighted by atomic mass is 32.2. The van der Waals surface area contributed by atoms with Gasteiger partial charge in [0.2, 0.25) is 0 Å². The van der Waals surface area contributed by atoms with Gasteiger partial charge in [-0.2, -0.15) is 11.8 Å². The molecule has 0 radical (unpaired) electrons. The molecule has 0 heterocycles. The van der Waals surface area contributed by atoms with E-state index < -0.39 is 11.8 Å². The number of rotatable bonds is 6. The number of thioether (sulfide) groups is 1. The molecule has 3 nitrogen and oxygen atoms in total. The van der Waals surface area contributed by atoms with Gasteiger partial charge in [0.15, 0.2) is 0 Å². The number of halogens is 1. The van der Waals surface area contributed by atoms with E-state index in [0.717, 1.165) is 11.8 Å². The number of ether oxygens (including phenoxy) is 1. The van der Waals surface area contributed by atoms with Crippen LogP contribution >= 0.6 is 11.8 Å². The Morgan fingerprint density at radius 1 is 1.56 bits per heavy atom. The number of benzene rings is 1. The lowest BCUT2D eigenvalue weighted by Crippen LogP contribution is -2.03. The van der Waals surface area contributed by atoms with Crippen molar-refractivity contribution >= 4 is 17.7 Å². The fraction of sp³-hybridized carbons (Fsp3) is 0.364. The number of methoxy groups -OCH3 is 1. The van der Waals surface area contributed by atoms with Crippen LogP contribution in [0.2, 0.25) is 0 Å². The van der Waals surface area contributed by atoms with E-state index in [1.165, 1.54) is 23.9 Å². The van der Waals surface area contributed by atoms with E-state index >= 15 is 0 Å². The highest BCUT2D eigenvalue weighted by molar-refractivity contribution is 7.98. The van der Waals surface area contributed by atoms with E-state index in [9.17, 15) is 9.18 Å². The Labute approximate surface area is 97.6 Å². The molecule has 0 spiro atoms. The van der Waals surface area contributed by atoms with E-state index in [1.54, 1.807) is 7.11 Å². The zero-order chi connectivity index (χ0) is 12.0. The van der Waals surface area contributed by atoms with Crippen LogP contribution in [0.5, 0.6) is 0 Å². The van der Waals surface area contributed by atoms with Gasteiger partial charge in [0.1, 0.15) is 5.82 Å². The van der Waals surface area contributed by atoms with Gasteiger partial charge in [0.25, 0.3) is 0 Å². The highest BCUT2D eigenvalue weighted by Gasteiger charge is 2.10. The molecule has 0 fully saturated rings. The minimum absolute atomic E-state index is 0.159. The summed E-state index contributed by atoms with van der Waals surface area (Å²) in [6.07, 6.45) is 0. The third kappa shape index (κ3) is 3.83. The Morgan fingerprint density at radius 3 is 2.94 bits per heavy atom. The Bertz CT molecular complexity index is 368. The Kier molecular flexibility index (Phi) is 5.28. The van der Waals surface area contributed by atoms with Crippen molar-refractivity contribution in [3.63, 3.8) is 0 Å². The van der Waals surface area contributed by atoms with E-state index in [2.05, 4.69) is 0 Å². The van der Waals surface area contributed by atoms with Crippen LogP contribution in [0.25, 0.3) is 0 Å². The second kappa shape index (κ2) is 6.50. The molecule has 0 aliphatic rings. The van der Waals surface area contributed by atoms with Gasteiger partial charge in [-0.3, -0.25) is 0 Å². The Hall–Kier alpha value is -1.07. The van der Waals surface area contributed by atoms with Gasteiger partial charge in [0.05, 0.1) is 12.2 Å². The van der Waals surface area contributed by atoms with Crippen molar-refractivity contribution < 1.29 is 19.0 Å². The van der Waals surface area contributed by atoms with Crippen molar-refractivity contribution in [2.24, 2.45) is 0 Å². The van der Waals surface area contributed by atoms with Gasteiger partial charge in [-0.25, -0.2) is 9.18 Å². The average Bonchev–Trinajstić information content (AvgIpc) is 2.24. The third-order valence-electron chi connectivity index (χ3n) is 1.99. The smallest absolute Gasteiger partial charge is 0.335 e. The van der Waals surface area contributed by atoms with Crippen LogP contribution < -0.4 is 0 Å². The number of carbonyl (C=O) groups is 1. The van der Waals surface area contributed by atoms with E-state index in [4.69, 9.17) is 9.84 Å². The molecule has 0 aromatic heterocycles. The lowest BCUT2D eigenvalue weighted by Gasteiger charge is -2.05. The fourth-order valence-corrected chi connectivity index (χ4v) is 2.10. The first-order chi connectivity index (χ1) is 7.65. The van der Waals surface area contributed by atoms with Crippen molar-refractivity contribution in [2.75, 3.05) is 19.5 Å². The van der Waals surface area contributed by atoms with Crippen molar-refractivity contribution in [3.8, 4) is 0 Å². The quantitative estimate of drug-likeness (QED) is 0.780. The largest absolute Gasteiger partial charge is 0.478 e. The SMILES string of the molecule is COCCSCc1cc(F)ccc1C(=O)O. The number of carboxylic acids is 1. The summed E-state index contributed by atoms with van der Waals surface area (Å²) in [5, 5.41) is 8.90. The summed E-state index contributed by atoms with van der Waals surface area (Å²) in [6, 6.07) is 3.72. The average molecular weight is 244 g/mol. The predicted octanol–water partition coefficient (Wildman–Crippen LogP) is 2.40. The van der Waals surface area contributed by atoms with Gasteiger partial charge in [-0.05, 0) is 23.8 Å². The van der Waals surface area contributed by atoms with Gasteiger partial charge >= 0.3 is 5.97 Å². The van der Waals surface area contributed by atoms with Gasteiger partial charge in [-0.15, -0.1) is 0 Å². The van der Waals surface area contributed by atoms with Gasteiger partial charge < -0.3 is 9.84 Å². The van der Waals surface area contributed by atoms with Crippen LogP contribution in [0.3, 0.4) is 0 Å². The first-order valence-electron chi connectivity index (χ1n) is 4.73. The van der Waals surface area contributed by atoms with Crippen LogP contribution in [-0.2, 0) is 10.5 Å². The van der Waals surface area contributed by atoms with E-state index in [0.29, 0.717) is 17.9 Å². The molecule has 0 saturated heterocycles. The molecule has 0 aliphatic carbocycles. The summed E-state index contributed by atoms with van der Waals surface area (Å²) in [6.45, 7) is 0.600. The number of carboxylic acid groups (broad SMARTS) is 1. The summed E-state index contributed by atoms with van der Waals surface area (Å²) in [5.41, 5.74) is 0.667. The summed E-state index contributed by atoms with van der Waals surface area (Å²) in [5.74, 6) is -0.205. The van der Waals surface area contributed by atoms with Crippen molar-refractivity contribution in [3.05, 3.63) is 35.1 Å². The molecule has 16 heavy (non-hydrogen) atoms. The lowest BCUT2D eigenvalue weighted by molar-refractivity contribution is 0.0696.